The number of benzene rings is 6. The number of para-hydroxylation sites is 1. The van der Waals surface area contributed by atoms with E-state index in [0.717, 1.165) is 27.8 Å². The van der Waals surface area contributed by atoms with Crippen LogP contribution in [0.1, 0.15) is 49.6 Å². The number of carbonyl (C=O) groups excluding carboxylic acids is 3. The lowest BCUT2D eigenvalue weighted by molar-refractivity contribution is -0.135. The van der Waals surface area contributed by atoms with E-state index in [1.165, 1.54) is 19.1 Å². The fourth-order valence-corrected chi connectivity index (χ4v) is 5.26. The minimum Gasteiger partial charge on any atom is -0.425 e. The van der Waals surface area contributed by atoms with Crippen LogP contribution in [0.3, 0.4) is 0 Å². The van der Waals surface area contributed by atoms with Crippen LogP contribution < -0.4 is 4.74 Å². The van der Waals surface area contributed by atoms with E-state index < -0.39 is 6.10 Å². The van der Waals surface area contributed by atoms with Crippen molar-refractivity contribution in [2.75, 3.05) is 19.1 Å². The van der Waals surface area contributed by atoms with Crippen LogP contribution in [0.5, 0.6) is 5.75 Å². The van der Waals surface area contributed by atoms with E-state index in [0.29, 0.717) is 5.75 Å². The molecule has 0 spiro atoms. The number of esters is 1. The number of ether oxygens (including phenoxy) is 3. The molecule has 9 heteroatoms. The number of carbonyl (C=O) groups is 3. The molecular weight excluding hydrogens is 779 g/mol. The first-order valence-electron chi connectivity index (χ1n) is 17.8. The summed E-state index contributed by atoms with van der Waals surface area (Å²) in [6.07, 6.45) is 6.83. The van der Waals surface area contributed by atoms with Gasteiger partial charge in [-0.25, -0.2) is 4.79 Å². The van der Waals surface area contributed by atoms with E-state index in [9.17, 15) is 14.4 Å². The summed E-state index contributed by atoms with van der Waals surface area (Å²) in [6, 6.07) is 56.9. The lowest BCUT2D eigenvalue weighted by Gasteiger charge is -2.01. The Kier molecular flexibility index (Phi) is 21.4. The van der Waals surface area contributed by atoms with Gasteiger partial charge >= 0.3 is 5.97 Å². The van der Waals surface area contributed by atoms with Crippen molar-refractivity contribution in [2.24, 2.45) is 0 Å². The average molecular weight is 824 g/mol. The van der Waals surface area contributed by atoms with Crippen molar-refractivity contribution in [3.63, 3.8) is 0 Å². The van der Waals surface area contributed by atoms with E-state index in [2.05, 4.69) is 34.8 Å². The van der Waals surface area contributed by atoms with Gasteiger partial charge in [-0.2, -0.15) is 0 Å². The number of alkyl halides is 3. The van der Waals surface area contributed by atoms with Gasteiger partial charge in [0.15, 0.2) is 23.8 Å². The summed E-state index contributed by atoms with van der Waals surface area (Å²) in [5, 5.41) is 0. The highest BCUT2D eigenvalue weighted by Gasteiger charge is 2.47. The van der Waals surface area contributed by atoms with Crippen molar-refractivity contribution < 1.29 is 28.6 Å². The summed E-state index contributed by atoms with van der Waals surface area (Å²) in [5.74, 6) is 0.309. The number of rotatable bonds is 9. The third-order valence-electron chi connectivity index (χ3n) is 8.04. The molecular formula is C48H45Cl3O6. The van der Waals surface area contributed by atoms with Crippen LogP contribution >= 0.6 is 34.8 Å². The van der Waals surface area contributed by atoms with Gasteiger partial charge in [0.25, 0.3) is 0 Å². The minimum absolute atomic E-state index is 0.0319. The van der Waals surface area contributed by atoms with Crippen LogP contribution in [-0.2, 0) is 14.3 Å². The molecule has 0 amide bonds. The Morgan fingerprint density at radius 3 is 1.32 bits per heavy atom. The molecule has 2 aliphatic rings. The summed E-state index contributed by atoms with van der Waals surface area (Å²) < 4.78 is 16.1. The largest absolute Gasteiger partial charge is 0.425 e. The van der Waals surface area contributed by atoms with E-state index >= 15 is 0 Å². The molecule has 0 N–H and O–H groups in total. The third-order valence-corrected chi connectivity index (χ3v) is 8.04. The molecule has 8 rings (SSSR count). The second-order valence-corrected chi connectivity index (χ2v) is 11.7. The van der Waals surface area contributed by atoms with Gasteiger partial charge in [0.1, 0.15) is 18.0 Å². The average Bonchev–Trinajstić information content (AvgIpc) is 4.26. The molecule has 4 atom stereocenters. The second kappa shape index (κ2) is 26.5. The summed E-state index contributed by atoms with van der Waals surface area (Å²) >= 11 is 13.9. The fourth-order valence-electron chi connectivity index (χ4n) is 5.26. The highest BCUT2D eigenvalue weighted by atomic mass is 35.5. The predicted molar refractivity (Wildman–Crippen MR) is 233 cm³/mol. The Morgan fingerprint density at radius 2 is 0.842 bits per heavy atom. The van der Waals surface area contributed by atoms with Crippen molar-refractivity contribution in [3.8, 4) is 5.75 Å². The summed E-state index contributed by atoms with van der Waals surface area (Å²) in [6.45, 7) is 0. The highest BCUT2D eigenvalue weighted by Crippen LogP contribution is 2.41. The molecule has 57 heavy (non-hydrogen) atoms. The van der Waals surface area contributed by atoms with Gasteiger partial charge in [-0.05, 0) is 34.9 Å². The predicted octanol–water partition coefficient (Wildman–Crippen LogP) is 11.9. The van der Waals surface area contributed by atoms with E-state index in [1.54, 1.807) is 18.2 Å². The fraction of sp³-hybridized carbons (Fsp3) is 0.146. The first-order chi connectivity index (χ1) is 28.1. The molecule has 2 aliphatic heterocycles. The molecule has 6 aromatic rings. The molecule has 0 aromatic heterocycles. The number of Topliss-reactive ketones (excluding diaryl/α,β-unsaturated/α-hetero) is 1. The van der Waals surface area contributed by atoms with Crippen molar-refractivity contribution in [3.05, 3.63) is 216 Å². The zero-order chi connectivity index (χ0) is 41.3. The standard InChI is InChI=1S/C15H12O3.C15H12O2.C15H12O.3CH3Cl/c16-15(17-12-9-5-2-6-10-12)14-13(18-14)11-7-3-1-4-8-11;16-13(11-7-3-1-4-8-11)15-14(17-15)12-9-5-2-6-10-12;16-15(14-9-5-2-6-10-14)12-11-13-7-3-1-4-8-13;3*1-2/h1-10,13-14H;1-10,14-15H;1-12H;3*1H3/b;;12-11+;;;. The molecule has 2 fully saturated rings. The number of hydrogen-bond donors (Lipinski definition) is 0. The normalized spacial score (nSPS) is 16.6. The second-order valence-electron chi connectivity index (χ2n) is 11.7. The zero-order valence-corrected chi connectivity index (χ0v) is 34.1. The number of ketones is 2. The quantitative estimate of drug-likeness (QED) is 0.0360. The highest BCUT2D eigenvalue weighted by molar-refractivity contribution is 6.15. The van der Waals surface area contributed by atoms with Crippen molar-refractivity contribution in [1.29, 1.82) is 0 Å². The SMILES string of the molecule is CCl.CCl.CCl.O=C(/C=C/c1ccccc1)c1ccccc1.O=C(Oc1ccccc1)C1OC1c1ccccc1.O=C(c1ccccc1)C1OC1c1ccccc1. The molecule has 2 saturated heterocycles. The monoisotopic (exact) mass is 822 g/mol. The van der Waals surface area contributed by atoms with Crippen LogP contribution in [0.2, 0.25) is 0 Å². The Bertz CT molecular complexity index is 2030. The Labute approximate surface area is 350 Å². The molecule has 0 radical (unpaired) electrons. The zero-order valence-electron chi connectivity index (χ0n) is 31.9. The smallest absolute Gasteiger partial charge is 0.343 e. The lowest BCUT2D eigenvalue weighted by atomic mass is 10.0. The molecule has 6 aromatic carbocycles. The summed E-state index contributed by atoms with van der Waals surface area (Å²) in [4.78, 5) is 35.6. The van der Waals surface area contributed by atoms with Crippen molar-refractivity contribution >= 4 is 58.4 Å². The topological polar surface area (TPSA) is 85.5 Å². The summed E-state index contributed by atoms with van der Waals surface area (Å²) in [5.41, 5.74) is 4.55. The van der Waals surface area contributed by atoms with Crippen LogP contribution in [-0.4, -0.2) is 48.9 Å². The molecule has 0 bridgehead atoms. The molecule has 4 unspecified atom stereocenters. The van der Waals surface area contributed by atoms with Gasteiger partial charge in [0, 0.05) is 30.3 Å². The lowest BCUT2D eigenvalue weighted by Crippen LogP contribution is -2.15. The molecule has 0 aliphatic carbocycles. The van der Waals surface area contributed by atoms with Crippen LogP contribution in [0.15, 0.2) is 188 Å². The van der Waals surface area contributed by atoms with E-state index in [1.807, 2.05) is 176 Å². The maximum Gasteiger partial charge on any atom is 0.343 e. The number of allylic oxidation sites excluding steroid dienone is 1. The number of halogens is 3. The van der Waals surface area contributed by atoms with Gasteiger partial charge < -0.3 is 14.2 Å². The Morgan fingerprint density at radius 1 is 0.474 bits per heavy atom. The van der Waals surface area contributed by atoms with Crippen molar-refractivity contribution in [1.82, 2.24) is 0 Å². The van der Waals surface area contributed by atoms with Gasteiger partial charge in [-0.1, -0.05) is 176 Å². The van der Waals surface area contributed by atoms with E-state index in [4.69, 9.17) is 14.2 Å². The maximum atomic E-state index is 12.1. The van der Waals surface area contributed by atoms with Gasteiger partial charge in [0.05, 0.1) is 0 Å². The molecule has 0 saturated carbocycles. The maximum absolute atomic E-state index is 12.1. The molecule has 2 heterocycles. The van der Waals surface area contributed by atoms with Gasteiger partial charge in [0.2, 0.25) is 0 Å². The number of epoxide rings is 2. The van der Waals surface area contributed by atoms with Crippen LogP contribution in [0, 0.1) is 0 Å². The molecule has 6 nitrogen and oxygen atoms in total. The Balaban J connectivity index is 0.000000215. The van der Waals surface area contributed by atoms with Crippen molar-refractivity contribution in [2.45, 2.75) is 24.4 Å². The summed E-state index contributed by atoms with van der Waals surface area (Å²) in [7, 11) is 0. The molecule has 294 valence electrons. The third kappa shape index (κ3) is 15.6. The first-order valence-corrected chi connectivity index (χ1v) is 20.1. The van der Waals surface area contributed by atoms with Gasteiger partial charge in [-0.15, -0.1) is 34.8 Å². The van der Waals surface area contributed by atoms with Crippen LogP contribution in [0.4, 0.5) is 0 Å². The van der Waals surface area contributed by atoms with E-state index in [-0.39, 0.29) is 35.8 Å². The first kappa shape index (κ1) is 46.0. The van der Waals surface area contributed by atoms with Gasteiger partial charge in [-0.3, -0.25) is 9.59 Å². The van der Waals surface area contributed by atoms with Crippen LogP contribution in [0.25, 0.3) is 6.08 Å². The number of hydrogen-bond acceptors (Lipinski definition) is 6. The Hall–Kier alpha value is -5.34. The minimum atomic E-state index is -0.479.